The number of piperidine rings is 1. The standard InChI is InChI=1S/C20H27N5O2/c26-20(18-15-8-3-4-9-16(15)27-23-18)24-11-6-7-14(13-24)19-22-21-17-10-2-1-5-12-25(17)19/h14H,1-13H2. The van der Waals surface area contributed by atoms with E-state index in [1.54, 1.807) is 0 Å². The number of hydrogen-bond acceptors (Lipinski definition) is 5. The maximum Gasteiger partial charge on any atom is 0.276 e. The second-order valence-electron chi connectivity index (χ2n) is 8.17. The number of rotatable bonds is 2. The first-order valence-electron chi connectivity index (χ1n) is 10.5. The lowest BCUT2D eigenvalue weighted by Crippen LogP contribution is -2.40. The molecule has 0 radical (unpaired) electrons. The van der Waals surface area contributed by atoms with Crippen molar-refractivity contribution in [3.8, 4) is 0 Å². The molecule has 2 aromatic rings. The Morgan fingerprint density at radius 1 is 0.963 bits per heavy atom. The van der Waals surface area contributed by atoms with Crippen molar-refractivity contribution in [2.24, 2.45) is 0 Å². The maximum absolute atomic E-state index is 13.2. The van der Waals surface area contributed by atoms with Crippen LogP contribution in [-0.2, 0) is 25.8 Å². The van der Waals surface area contributed by atoms with Crippen LogP contribution in [0.3, 0.4) is 0 Å². The van der Waals surface area contributed by atoms with Crippen molar-refractivity contribution >= 4 is 5.91 Å². The van der Waals surface area contributed by atoms with Crippen molar-refractivity contribution in [3.63, 3.8) is 0 Å². The van der Waals surface area contributed by atoms with Crippen LogP contribution < -0.4 is 0 Å². The lowest BCUT2D eigenvalue weighted by atomic mass is 9.94. The van der Waals surface area contributed by atoms with E-state index in [1.165, 1.54) is 19.3 Å². The molecule has 2 aromatic heterocycles. The number of likely N-dealkylation sites (tertiary alicyclic amines) is 1. The second-order valence-corrected chi connectivity index (χ2v) is 8.17. The molecule has 1 unspecified atom stereocenters. The molecule has 144 valence electrons. The average Bonchev–Trinajstić information content (AvgIpc) is 3.25. The van der Waals surface area contributed by atoms with Crippen LogP contribution in [0.5, 0.6) is 0 Å². The number of fused-ring (bicyclic) bond motifs is 2. The minimum absolute atomic E-state index is 0.0298. The van der Waals surface area contributed by atoms with Crippen LogP contribution in [0.25, 0.3) is 0 Å². The van der Waals surface area contributed by atoms with Gasteiger partial charge in [-0.3, -0.25) is 4.79 Å². The van der Waals surface area contributed by atoms with E-state index in [0.29, 0.717) is 12.2 Å². The van der Waals surface area contributed by atoms with Crippen molar-refractivity contribution in [3.05, 3.63) is 28.7 Å². The number of carbonyl (C=O) groups is 1. The highest BCUT2D eigenvalue weighted by atomic mass is 16.5. The minimum atomic E-state index is 0.0298. The Bertz CT molecular complexity index is 840. The first kappa shape index (κ1) is 17.0. The Balaban J connectivity index is 1.36. The van der Waals surface area contributed by atoms with Crippen LogP contribution in [0.1, 0.15) is 84.3 Å². The van der Waals surface area contributed by atoms with Crippen molar-refractivity contribution in [2.45, 2.75) is 76.7 Å². The highest BCUT2D eigenvalue weighted by Gasteiger charge is 2.33. The molecule has 2 aliphatic heterocycles. The average molecular weight is 369 g/mol. The molecule has 0 aromatic carbocycles. The number of hydrogen-bond donors (Lipinski definition) is 0. The first-order valence-corrected chi connectivity index (χ1v) is 10.5. The molecular weight excluding hydrogens is 342 g/mol. The number of aromatic nitrogens is 4. The summed E-state index contributed by atoms with van der Waals surface area (Å²) < 4.78 is 7.79. The molecule has 0 saturated carbocycles. The largest absolute Gasteiger partial charge is 0.360 e. The van der Waals surface area contributed by atoms with Crippen molar-refractivity contribution in [2.75, 3.05) is 13.1 Å². The van der Waals surface area contributed by atoms with Crippen LogP contribution in [0, 0.1) is 0 Å². The Hall–Kier alpha value is -2.18. The van der Waals surface area contributed by atoms with E-state index in [0.717, 1.165) is 81.0 Å². The van der Waals surface area contributed by atoms with E-state index in [1.807, 2.05) is 4.90 Å². The zero-order valence-electron chi connectivity index (χ0n) is 15.8. The molecule has 1 atom stereocenters. The maximum atomic E-state index is 13.2. The Kier molecular flexibility index (Phi) is 4.45. The molecule has 1 fully saturated rings. The zero-order valence-corrected chi connectivity index (χ0v) is 15.8. The van der Waals surface area contributed by atoms with E-state index in [9.17, 15) is 4.79 Å². The third kappa shape index (κ3) is 3.07. The summed E-state index contributed by atoms with van der Waals surface area (Å²) in [4.78, 5) is 15.1. The molecular formula is C20H27N5O2. The van der Waals surface area contributed by atoms with Gasteiger partial charge in [-0.1, -0.05) is 11.6 Å². The molecule has 27 heavy (non-hydrogen) atoms. The molecule has 7 nitrogen and oxygen atoms in total. The van der Waals surface area contributed by atoms with Crippen molar-refractivity contribution < 1.29 is 9.32 Å². The van der Waals surface area contributed by atoms with Crippen LogP contribution >= 0.6 is 0 Å². The van der Waals surface area contributed by atoms with Gasteiger partial charge in [-0.25, -0.2) is 0 Å². The molecule has 0 bridgehead atoms. The number of nitrogens with zero attached hydrogens (tertiary/aromatic N) is 5. The van der Waals surface area contributed by atoms with Crippen LogP contribution in [0.4, 0.5) is 0 Å². The fourth-order valence-corrected chi connectivity index (χ4v) is 4.88. The van der Waals surface area contributed by atoms with Gasteiger partial charge < -0.3 is 14.0 Å². The monoisotopic (exact) mass is 369 g/mol. The quantitative estimate of drug-likeness (QED) is 0.813. The number of aryl methyl sites for hydroxylation is 2. The Labute approximate surface area is 159 Å². The fourth-order valence-electron chi connectivity index (χ4n) is 4.88. The van der Waals surface area contributed by atoms with Gasteiger partial charge in [0, 0.05) is 44.0 Å². The molecule has 3 aliphatic rings. The molecule has 7 heteroatoms. The van der Waals surface area contributed by atoms with E-state index < -0.39 is 0 Å². The Morgan fingerprint density at radius 3 is 2.81 bits per heavy atom. The summed E-state index contributed by atoms with van der Waals surface area (Å²) >= 11 is 0. The SMILES string of the molecule is O=C(c1noc2c1CCCC2)N1CCCC(c2nnc3n2CCCCC3)C1. The van der Waals surface area contributed by atoms with Gasteiger partial charge in [0.25, 0.3) is 5.91 Å². The van der Waals surface area contributed by atoms with Crippen molar-refractivity contribution in [1.29, 1.82) is 0 Å². The molecule has 0 spiro atoms. The number of amides is 1. The normalized spacial score (nSPS) is 22.8. The van der Waals surface area contributed by atoms with Gasteiger partial charge in [0.1, 0.15) is 17.4 Å². The summed E-state index contributed by atoms with van der Waals surface area (Å²) in [6, 6.07) is 0. The lowest BCUT2D eigenvalue weighted by molar-refractivity contribution is 0.0691. The third-order valence-corrected chi connectivity index (χ3v) is 6.36. The molecule has 4 heterocycles. The van der Waals surface area contributed by atoms with Gasteiger partial charge in [0.2, 0.25) is 0 Å². The predicted molar refractivity (Wildman–Crippen MR) is 98.6 cm³/mol. The summed E-state index contributed by atoms with van der Waals surface area (Å²) in [5.74, 6) is 3.41. The minimum Gasteiger partial charge on any atom is -0.360 e. The molecule has 1 saturated heterocycles. The Morgan fingerprint density at radius 2 is 1.85 bits per heavy atom. The van der Waals surface area contributed by atoms with Gasteiger partial charge in [-0.2, -0.15) is 0 Å². The van der Waals surface area contributed by atoms with Gasteiger partial charge >= 0.3 is 0 Å². The topological polar surface area (TPSA) is 77.1 Å². The molecule has 0 N–H and O–H groups in total. The van der Waals surface area contributed by atoms with Gasteiger partial charge in [0.15, 0.2) is 5.69 Å². The van der Waals surface area contributed by atoms with Crippen molar-refractivity contribution in [1.82, 2.24) is 24.8 Å². The predicted octanol–water partition coefficient (Wildman–Crippen LogP) is 2.89. The van der Waals surface area contributed by atoms with E-state index >= 15 is 0 Å². The molecule has 1 aliphatic carbocycles. The first-order chi connectivity index (χ1) is 13.3. The van der Waals surface area contributed by atoms with Crippen LogP contribution in [0.15, 0.2) is 4.52 Å². The van der Waals surface area contributed by atoms with Crippen LogP contribution in [0.2, 0.25) is 0 Å². The highest BCUT2D eigenvalue weighted by molar-refractivity contribution is 5.94. The second kappa shape index (κ2) is 7.09. The van der Waals surface area contributed by atoms with E-state index in [-0.39, 0.29) is 11.8 Å². The van der Waals surface area contributed by atoms with Crippen LogP contribution in [-0.4, -0.2) is 43.8 Å². The van der Waals surface area contributed by atoms with E-state index in [2.05, 4.69) is 19.9 Å². The molecule has 1 amide bonds. The molecule has 5 rings (SSSR count). The van der Waals surface area contributed by atoms with Gasteiger partial charge in [-0.15, -0.1) is 10.2 Å². The summed E-state index contributed by atoms with van der Waals surface area (Å²) in [7, 11) is 0. The van der Waals surface area contributed by atoms with Gasteiger partial charge in [-0.05, 0) is 44.9 Å². The fraction of sp³-hybridized carbons (Fsp3) is 0.700. The summed E-state index contributed by atoms with van der Waals surface area (Å²) in [6.07, 6.45) is 10.8. The summed E-state index contributed by atoms with van der Waals surface area (Å²) in [5.41, 5.74) is 1.59. The smallest absolute Gasteiger partial charge is 0.276 e. The third-order valence-electron chi connectivity index (χ3n) is 6.36. The summed E-state index contributed by atoms with van der Waals surface area (Å²) in [6.45, 7) is 2.51. The lowest BCUT2D eigenvalue weighted by Gasteiger charge is -2.32. The van der Waals surface area contributed by atoms with Gasteiger partial charge in [0.05, 0.1) is 0 Å². The highest BCUT2D eigenvalue weighted by Crippen LogP contribution is 2.30. The zero-order chi connectivity index (χ0) is 18.2. The van der Waals surface area contributed by atoms with E-state index in [4.69, 9.17) is 4.52 Å². The summed E-state index contributed by atoms with van der Waals surface area (Å²) in [5, 5.41) is 13.1. The number of carbonyl (C=O) groups excluding carboxylic acids is 1.